The number of aliphatic carboxylic acids is 1. The number of amides is 1. The minimum absolute atomic E-state index is 0.269. The second-order valence-electron chi connectivity index (χ2n) is 4.87. The third kappa shape index (κ3) is 3.12. The van der Waals surface area contributed by atoms with Gasteiger partial charge in [-0.05, 0) is 41.4 Å². The number of carboxylic acids is 1. The number of hydrogen-bond acceptors (Lipinski definition) is 4. The van der Waals surface area contributed by atoms with Gasteiger partial charge in [-0.1, -0.05) is 6.92 Å². The van der Waals surface area contributed by atoms with Crippen LogP contribution in [0, 0.1) is 0 Å². The minimum atomic E-state index is -1.38. The highest BCUT2D eigenvalue weighted by Crippen LogP contribution is 2.18. The Morgan fingerprint density at radius 3 is 2.68 bits per heavy atom. The van der Waals surface area contributed by atoms with E-state index >= 15 is 0 Å². The lowest BCUT2D eigenvalue weighted by Crippen LogP contribution is -2.48. The van der Waals surface area contributed by atoms with Gasteiger partial charge in [0.05, 0.1) is 11.8 Å². The van der Waals surface area contributed by atoms with Crippen LogP contribution in [0.1, 0.15) is 30.0 Å². The average molecular weight is 370 g/mol. The summed E-state index contributed by atoms with van der Waals surface area (Å²) in [5.41, 5.74) is 1.42. The number of carbonyl (C=O) groups is 2. The topological polar surface area (TPSA) is 104 Å². The highest BCUT2D eigenvalue weighted by atomic mass is 79.9. The summed E-state index contributed by atoms with van der Waals surface area (Å²) in [6.45, 7) is 3.17. The van der Waals surface area contributed by atoms with Gasteiger partial charge in [0.1, 0.15) is 11.3 Å². The zero-order valence-electron chi connectivity index (χ0n) is 12.1. The fourth-order valence-electron chi connectivity index (χ4n) is 2.15. The van der Waals surface area contributed by atoms with E-state index in [2.05, 4.69) is 26.2 Å². The van der Waals surface area contributed by atoms with Crippen molar-refractivity contribution in [3.05, 3.63) is 34.2 Å². The van der Waals surface area contributed by atoms with Crippen molar-refractivity contribution in [3.63, 3.8) is 0 Å². The third-order valence-electron chi connectivity index (χ3n) is 3.24. The van der Waals surface area contributed by atoms with Crippen LogP contribution >= 0.6 is 15.9 Å². The summed E-state index contributed by atoms with van der Waals surface area (Å²) in [5, 5.41) is 20.9. The molecule has 0 aliphatic heterocycles. The maximum atomic E-state index is 12.5. The molecule has 0 fully saturated rings. The van der Waals surface area contributed by atoms with Crippen molar-refractivity contribution >= 4 is 33.5 Å². The lowest BCUT2D eigenvalue weighted by atomic mass is 10.1. The summed E-state index contributed by atoms with van der Waals surface area (Å²) in [6.07, 6.45) is 1.00. The van der Waals surface area contributed by atoms with Gasteiger partial charge in [0, 0.05) is 10.7 Å². The highest BCUT2D eigenvalue weighted by Gasteiger charge is 2.28. The Kier molecular flexibility index (Phi) is 4.82. The predicted octanol–water partition coefficient (Wildman–Crippen LogP) is 1.22. The Morgan fingerprint density at radius 1 is 1.45 bits per heavy atom. The van der Waals surface area contributed by atoms with Crippen molar-refractivity contribution in [3.8, 4) is 0 Å². The number of halogens is 1. The number of imidazole rings is 1. The molecule has 0 saturated carbocycles. The maximum absolute atomic E-state index is 12.5. The van der Waals surface area contributed by atoms with Crippen molar-refractivity contribution in [2.45, 2.75) is 32.4 Å². The Morgan fingerprint density at radius 2 is 2.14 bits per heavy atom. The van der Waals surface area contributed by atoms with Crippen LogP contribution in [0.25, 0.3) is 5.65 Å². The molecule has 0 aliphatic rings. The number of fused-ring (bicyclic) bond motifs is 1. The largest absolute Gasteiger partial charge is 0.480 e. The van der Waals surface area contributed by atoms with E-state index < -0.39 is 24.0 Å². The number of aryl methyl sites for hydroxylation is 1. The van der Waals surface area contributed by atoms with E-state index in [9.17, 15) is 14.7 Å². The molecular weight excluding hydrogens is 354 g/mol. The van der Waals surface area contributed by atoms with Crippen LogP contribution in [-0.2, 0) is 11.2 Å². The fourth-order valence-corrected chi connectivity index (χ4v) is 2.49. The Hall–Kier alpha value is -1.93. The molecule has 0 aliphatic carbocycles. The molecule has 8 heteroatoms. The van der Waals surface area contributed by atoms with Crippen LogP contribution < -0.4 is 5.32 Å². The molecule has 2 unspecified atom stereocenters. The number of carbonyl (C=O) groups excluding carboxylic acids is 1. The Balaban J connectivity index is 2.46. The summed E-state index contributed by atoms with van der Waals surface area (Å²) in [7, 11) is 0. The van der Waals surface area contributed by atoms with E-state index in [1.165, 1.54) is 6.92 Å². The van der Waals surface area contributed by atoms with Crippen molar-refractivity contribution in [2.24, 2.45) is 0 Å². The van der Waals surface area contributed by atoms with E-state index in [4.69, 9.17) is 5.11 Å². The first-order valence-electron chi connectivity index (χ1n) is 6.73. The molecule has 2 heterocycles. The molecule has 2 aromatic rings. The van der Waals surface area contributed by atoms with Gasteiger partial charge in [-0.2, -0.15) is 0 Å². The zero-order valence-corrected chi connectivity index (χ0v) is 13.7. The van der Waals surface area contributed by atoms with Crippen molar-refractivity contribution in [2.75, 3.05) is 0 Å². The van der Waals surface area contributed by atoms with Gasteiger partial charge in [-0.3, -0.25) is 9.20 Å². The van der Waals surface area contributed by atoms with Gasteiger partial charge in [-0.25, -0.2) is 9.78 Å². The molecular formula is C14H16BrN3O4. The number of hydrogen-bond donors (Lipinski definition) is 3. The van der Waals surface area contributed by atoms with Crippen molar-refractivity contribution < 1.29 is 19.8 Å². The SMILES string of the molecule is CCc1nc2ccc(Br)cn2c1C(=O)NC(C(=O)O)C(C)O. The standard InChI is InChI=1S/C14H16BrN3O4/c1-3-9-12(13(20)17-11(7(2)19)14(21)22)18-6-8(15)4-5-10(18)16-9/h4-7,11,19H,3H2,1-2H3,(H,17,20)(H,21,22). The quantitative estimate of drug-likeness (QED) is 0.734. The first-order chi connectivity index (χ1) is 10.3. The van der Waals surface area contributed by atoms with Gasteiger partial charge < -0.3 is 15.5 Å². The van der Waals surface area contributed by atoms with E-state index in [1.54, 1.807) is 22.7 Å². The number of rotatable bonds is 5. The molecule has 0 saturated heterocycles. The Bertz CT molecular complexity index is 726. The number of pyridine rings is 1. The summed E-state index contributed by atoms with van der Waals surface area (Å²) in [6, 6.07) is 2.18. The molecule has 22 heavy (non-hydrogen) atoms. The number of carboxylic acid groups (broad SMARTS) is 1. The predicted molar refractivity (Wildman–Crippen MR) is 82.8 cm³/mol. The third-order valence-corrected chi connectivity index (χ3v) is 3.71. The monoisotopic (exact) mass is 369 g/mol. The number of aliphatic hydroxyl groups is 1. The van der Waals surface area contributed by atoms with Crippen LogP contribution in [0.3, 0.4) is 0 Å². The van der Waals surface area contributed by atoms with Crippen LogP contribution in [0.5, 0.6) is 0 Å². The van der Waals surface area contributed by atoms with Gasteiger partial charge in [-0.15, -0.1) is 0 Å². The molecule has 1 amide bonds. The molecule has 0 aromatic carbocycles. The average Bonchev–Trinajstić information content (AvgIpc) is 2.81. The summed E-state index contributed by atoms with van der Waals surface area (Å²) in [5.74, 6) is -1.88. The molecule has 118 valence electrons. The van der Waals surface area contributed by atoms with E-state index in [0.717, 1.165) is 4.47 Å². The van der Waals surface area contributed by atoms with Crippen LogP contribution in [-0.4, -0.2) is 43.6 Å². The number of aromatic nitrogens is 2. The van der Waals surface area contributed by atoms with Gasteiger partial charge in [0.25, 0.3) is 5.91 Å². The Labute approximate surface area is 135 Å². The first-order valence-corrected chi connectivity index (χ1v) is 7.52. The molecule has 3 N–H and O–H groups in total. The zero-order chi connectivity index (χ0) is 16.4. The lowest BCUT2D eigenvalue weighted by molar-refractivity contribution is -0.141. The van der Waals surface area contributed by atoms with Gasteiger partial charge in [0.15, 0.2) is 6.04 Å². The second kappa shape index (κ2) is 6.45. The van der Waals surface area contributed by atoms with Crippen LogP contribution in [0.4, 0.5) is 0 Å². The molecule has 2 rings (SSSR count). The minimum Gasteiger partial charge on any atom is -0.480 e. The number of nitrogens with one attached hydrogen (secondary N) is 1. The van der Waals surface area contributed by atoms with Crippen LogP contribution in [0.2, 0.25) is 0 Å². The number of nitrogens with zero attached hydrogens (tertiary/aromatic N) is 2. The maximum Gasteiger partial charge on any atom is 0.328 e. The molecule has 0 radical (unpaired) electrons. The molecule has 2 aromatic heterocycles. The van der Waals surface area contributed by atoms with E-state index in [0.29, 0.717) is 17.8 Å². The summed E-state index contributed by atoms with van der Waals surface area (Å²) >= 11 is 3.33. The molecule has 0 spiro atoms. The van der Waals surface area contributed by atoms with Crippen molar-refractivity contribution in [1.29, 1.82) is 0 Å². The van der Waals surface area contributed by atoms with Gasteiger partial charge >= 0.3 is 5.97 Å². The van der Waals surface area contributed by atoms with Crippen LogP contribution in [0.15, 0.2) is 22.8 Å². The normalized spacial score (nSPS) is 13.8. The highest BCUT2D eigenvalue weighted by molar-refractivity contribution is 9.10. The summed E-state index contributed by atoms with van der Waals surface area (Å²) < 4.78 is 2.36. The number of aliphatic hydroxyl groups excluding tert-OH is 1. The second-order valence-corrected chi connectivity index (χ2v) is 5.78. The van der Waals surface area contributed by atoms with E-state index in [1.807, 2.05) is 6.92 Å². The summed E-state index contributed by atoms with van der Waals surface area (Å²) in [4.78, 5) is 27.9. The lowest BCUT2D eigenvalue weighted by Gasteiger charge is -2.17. The molecule has 2 atom stereocenters. The van der Waals surface area contributed by atoms with Gasteiger partial charge in [0.2, 0.25) is 0 Å². The molecule has 7 nitrogen and oxygen atoms in total. The van der Waals surface area contributed by atoms with E-state index in [-0.39, 0.29) is 5.69 Å². The fraction of sp³-hybridized carbons (Fsp3) is 0.357. The molecule has 0 bridgehead atoms. The van der Waals surface area contributed by atoms with Crippen molar-refractivity contribution in [1.82, 2.24) is 14.7 Å². The smallest absolute Gasteiger partial charge is 0.328 e. The first kappa shape index (κ1) is 16.4.